The minimum absolute atomic E-state index is 0.660. The molecule has 1 unspecified atom stereocenters. The summed E-state index contributed by atoms with van der Waals surface area (Å²) >= 11 is 0. The second kappa shape index (κ2) is 9.78. The van der Waals surface area contributed by atoms with Gasteiger partial charge in [-0.2, -0.15) is 0 Å². The van der Waals surface area contributed by atoms with Crippen molar-refractivity contribution in [1.29, 1.82) is 0 Å². The van der Waals surface area contributed by atoms with Gasteiger partial charge in [0.1, 0.15) is 0 Å². The second-order valence-electron chi connectivity index (χ2n) is 6.12. The molecule has 0 radical (unpaired) electrons. The highest BCUT2D eigenvalue weighted by Gasteiger charge is 2.22. The third-order valence-electron chi connectivity index (χ3n) is 4.38. The average Bonchev–Trinajstić information content (AvgIpc) is 3.02. The number of likely N-dealkylation sites (N-methyl/N-ethyl adjacent to an activating group) is 1. The molecule has 2 rings (SSSR count). The Balaban J connectivity index is 1.88. The second-order valence-corrected chi connectivity index (χ2v) is 6.12. The summed E-state index contributed by atoms with van der Waals surface area (Å²) in [7, 11) is 0. The monoisotopic (exact) mass is 320 g/mol. The van der Waals surface area contributed by atoms with Gasteiger partial charge in [0, 0.05) is 19.1 Å². The first kappa shape index (κ1) is 18.1. The molecule has 23 heavy (non-hydrogen) atoms. The summed E-state index contributed by atoms with van der Waals surface area (Å²) in [5.41, 5.74) is 1.25. The summed E-state index contributed by atoms with van der Waals surface area (Å²) in [6, 6.07) is 6.96. The highest BCUT2D eigenvalue weighted by molar-refractivity contribution is 5.43. The van der Waals surface area contributed by atoms with Gasteiger partial charge in [-0.3, -0.25) is 4.90 Å². The van der Waals surface area contributed by atoms with E-state index in [0.29, 0.717) is 12.6 Å². The minimum atomic E-state index is 0.660. The Morgan fingerprint density at radius 1 is 1.17 bits per heavy atom. The van der Waals surface area contributed by atoms with Crippen molar-refractivity contribution >= 4 is 0 Å². The van der Waals surface area contributed by atoms with Crippen LogP contribution >= 0.6 is 0 Å². The van der Waals surface area contributed by atoms with Crippen LogP contribution in [0.25, 0.3) is 0 Å². The molecular formula is C19H32N2O2. The molecule has 1 fully saturated rings. The number of ether oxygens (including phenoxy) is 2. The fourth-order valence-electron chi connectivity index (χ4n) is 3.19. The first-order chi connectivity index (χ1) is 11.3. The standard InChI is InChI=1S/C19H32N2O2/c1-4-12-23-18-10-9-16(13-19(18)22-6-3)14-20-15-17-8-7-11-21(17)5-2/h9-10,13,17,20H,4-8,11-12,14-15H2,1-3H3. The number of likely N-dealkylation sites (tertiary alicyclic amines) is 1. The van der Waals surface area contributed by atoms with Crippen molar-refractivity contribution in [2.24, 2.45) is 0 Å². The fraction of sp³-hybridized carbons (Fsp3) is 0.684. The fourth-order valence-corrected chi connectivity index (χ4v) is 3.19. The van der Waals surface area contributed by atoms with Crippen molar-refractivity contribution in [1.82, 2.24) is 10.2 Å². The zero-order chi connectivity index (χ0) is 16.5. The molecule has 0 bridgehead atoms. The zero-order valence-electron chi connectivity index (χ0n) is 14.9. The Hall–Kier alpha value is -1.26. The van der Waals surface area contributed by atoms with Crippen molar-refractivity contribution in [3.05, 3.63) is 23.8 Å². The number of rotatable bonds is 10. The lowest BCUT2D eigenvalue weighted by molar-refractivity contribution is 0.259. The SMILES string of the molecule is CCCOc1ccc(CNCC2CCCN2CC)cc1OCC. The quantitative estimate of drug-likeness (QED) is 0.716. The van der Waals surface area contributed by atoms with E-state index in [1.807, 2.05) is 13.0 Å². The van der Waals surface area contributed by atoms with Crippen LogP contribution < -0.4 is 14.8 Å². The molecule has 1 saturated heterocycles. The van der Waals surface area contributed by atoms with Crippen molar-refractivity contribution in [2.45, 2.75) is 52.6 Å². The molecule has 1 N–H and O–H groups in total. The molecule has 0 saturated carbocycles. The summed E-state index contributed by atoms with van der Waals surface area (Å²) in [5.74, 6) is 1.71. The molecule has 1 aliphatic heterocycles. The third kappa shape index (κ3) is 5.40. The number of nitrogens with zero attached hydrogens (tertiary/aromatic N) is 1. The van der Waals surface area contributed by atoms with Gasteiger partial charge >= 0.3 is 0 Å². The van der Waals surface area contributed by atoms with Gasteiger partial charge < -0.3 is 14.8 Å². The van der Waals surface area contributed by atoms with Crippen LogP contribution in [0.2, 0.25) is 0 Å². The van der Waals surface area contributed by atoms with E-state index in [0.717, 1.165) is 44.2 Å². The number of nitrogens with one attached hydrogen (secondary N) is 1. The summed E-state index contributed by atoms with van der Waals surface area (Å²) in [4.78, 5) is 2.57. The van der Waals surface area contributed by atoms with Crippen LogP contribution in [-0.2, 0) is 6.54 Å². The van der Waals surface area contributed by atoms with Crippen molar-refractivity contribution in [3.8, 4) is 11.5 Å². The molecule has 1 atom stereocenters. The van der Waals surface area contributed by atoms with E-state index in [1.165, 1.54) is 24.9 Å². The van der Waals surface area contributed by atoms with E-state index in [-0.39, 0.29) is 0 Å². The molecule has 0 aliphatic carbocycles. The van der Waals surface area contributed by atoms with Crippen molar-refractivity contribution < 1.29 is 9.47 Å². The lowest BCUT2D eigenvalue weighted by Gasteiger charge is -2.23. The van der Waals surface area contributed by atoms with E-state index in [4.69, 9.17) is 9.47 Å². The first-order valence-electron chi connectivity index (χ1n) is 9.11. The van der Waals surface area contributed by atoms with E-state index in [9.17, 15) is 0 Å². The van der Waals surface area contributed by atoms with Crippen LogP contribution in [0.15, 0.2) is 18.2 Å². The van der Waals surface area contributed by atoms with Crippen LogP contribution in [0, 0.1) is 0 Å². The van der Waals surface area contributed by atoms with E-state index in [2.05, 4.69) is 36.2 Å². The summed E-state index contributed by atoms with van der Waals surface area (Å²) in [5, 5.41) is 3.60. The molecule has 4 nitrogen and oxygen atoms in total. The molecule has 0 aromatic heterocycles. The van der Waals surface area contributed by atoms with Gasteiger partial charge in [-0.15, -0.1) is 0 Å². The summed E-state index contributed by atoms with van der Waals surface area (Å²) in [6.45, 7) is 12.1. The predicted molar refractivity (Wildman–Crippen MR) is 95.4 cm³/mol. The minimum Gasteiger partial charge on any atom is -0.490 e. The van der Waals surface area contributed by atoms with Crippen molar-refractivity contribution in [2.75, 3.05) is 32.8 Å². The van der Waals surface area contributed by atoms with Gasteiger partial charge in [0.15, 0.2) is 11.5 Å². The molecule has 130 valence electrons. The smallest absolute Gasteiger partial charge is 0.161 e. The third-order valence-corrected chi connectivity index (χ3v) is 4.38. The molecule has 0 amide bonds. The molecule has 1 heterocycles. The lowest BCUT2D eigenvalue weighted by Crippen LogP contribution is -2.37. The largest absolute Gasteiger partial charge is 0.490 e. The molecular weight excluding hydrogens is 288 g/mol. The highest BCUT2D eigenvalue weighted by atomic mass is 16.5. The summed E-state index contributed by atoms with van der Waals surface area (Å²) < 4.78 is 11.5. The number of hydrogen-bond donors (Lipinski definition) is 1. The van der Waals surface area contributed by atoms with Gasteiger partial charge in [-0.1, -0.05) is 19.9 Å². The highest BCUT2D eigenvalue weighted by Crippen LogP contribution is 2.28. The van der Waals surface area contributed by atoms with Crippen LogP contribution in [0.1, 0.15) is 45.6 Å². The maximum Gasteiger partial charge on any atom is 0.161 e. The average molecular weight is 320 g/mol. The molecule has 4 heteroatoms. The van der Waals surface area contributed by atoms with Gasteiger partial charge in [-0.25, -0.2) is 0 Å². The van der Waals surface area contributed by atoms with E-state index in [1.54, 1.807) is 0 Å². The summed E-state index contributed by atoms with van der Waals surface area (Å²) in [6.07, 6.45) is 3.65. The Morgan fingerprint density at radius 3 is 2.78 bits per heavy atom. The Morgan fingerprint density at radius 2 is 2.04 bits per heavy atom. The number of benzene rings is 1. The van der Waals surface area contributed by atoms with Gasteiger partial charge in [0.05, 0.1) is 13.2 Å². The molecule has 1 aliphatic rings. The van der Waals surface area contributed by atoms with Crippen LogP contribution in [0.3, 0.4) is 0 Å². The molecule has 1 aromatic rings. The Bertz CT molecular complexity index is 465. The Labute approximate surface area is 141 Å². The van der Waals surface area contributed by atoms with Crippen molar-refractivity contribution in [3.63, 3.8) is 0 Å². The Kier molecular flexibility index (Phi) is 7.69. The van der Waals surface area contributed by atoms with Crippen LogP contribution in [0.5, 0.6) is 11.5 Å². The van der Waals surface area contributed by atoms with Crippen LogP contribution in [-0.4, -0.2) is 43.8 Å². The van der Waals surface area contributed by atoms with E-state index < -0.39 is 0 Å². The van der Waals surface area contributed by atoms with E-state index >= 15 is 0 Å². The molecule has 0 spiro atoms. The maximum atomic E-state index is 5.76. The predicted octanol–water partition coefficient (Wildman–Crippen LogP) is 3.45. The molecule has 1 aromatic carbocycles. The zero-order valence-corrected chi connectivity index (χ0v) is 14.9. The maximum absolute atomic E-state index is 5.76. The number of hydrogen-bond acceptors (Lipinski definition) is 4. The van der Waals surface area contributed by atoms with Gasteiger partial charge in [0.25, 0.3) is 0 Å². The topological polar surface area (TPSA) is 33.7 Å². The van der Waals surface area contributed by atoms with Gasteiger partial charge in [-0.05, 0) is 57.0 Å². The lowest BCUT2D eigenvalue weighted by atomic mass is 10.1. The van der Waals surface area contributed by atoms with Gasteiger partial charge in [0.2, 0.25) is 0 Å². The van der Waals surface area contributed by atoms with Crippen LogP contribution in [0.4, 0.5) is 0 Å². The first-order valence-corrected chi connectivity index (χ1v) is 9.11. The normalized spacial score (nSPS) is 18.3.